The first-order chi connectivity index (χ1) is 16.6. The lowest BCUT2D eigenvalue weighted by Gasteiger charge is -2.22. The minimum Gasteiger partial charge on any atom is -0.494 e. The molecule has 1 fully saturated rings. The van der Waals surface area contributed by atoms with Crippen molar-refractivity contribution in [1.29, 1.82) is 0 Å². The second kappa shape index (κ2) is 9.72. The summed E-state index contributed by atoms with van der Waals surface area (Å²) < 4.78 is 11.9. The summed E-state index contributed by atoms with van der Waals surface area (Å²) in [6.07, 6.45) is 3.90. The van der Waals surface area contributed by atoms with Crippen LogP contribution >= 0.6 is 0 Å². The van der Waals surface area contributed by atoms with E-state index in [1.165, 1.54) is 5.56 Å². The molecule has 2 heterocycles. The fraction of sp³-hybridized carbons (Fsp3) is 0.310. The molecule has 1 aliphatic heterocycles. The van der Waals surface area contributed by atoms with Gasteiger partial charge in [-0.15, -0.1) is 0 Å². The van der Waals surface area contributed by atoms with Gasteiger partial charge in [0.15, 0.2) is 5.58 Å². The van der Waals surface area contributed by atoms with E-state index < -0.39 is 0 Å². The van der Waals surface area contributed by atoms with Crippen molar-refractivity contribution in [2.45, 2.75) is 45.6 Å². The molecule has 0 spiro atoms. The molecule has 0 radical (unpaired) electrons. The molecule has 1 amide bonds. The average molecular weight is 455 g/mol. The Kier molecular flexibility index (Phi) is 6.35. The summed E-state index contributed by atoms with van der Waals surface area (Å²) in [5, 5.41) is 0. The Labute approximate surface area is 200 Å². The SMILES string of the molecule is CCCCOc1ccc(C(=O)N2CCCC2c2nc3cc(-c4cccc(C)c4)ccc3o2)cc1. The molecule has 5 rings (SSSR count). The Morgan fingerprint density at radius 3 is 2.71 bits per heavy atom. The van der Waals surface area contributed by atoms with Crippen molar-refractivity contribution in [3.8, 4) is 16.9 Å². The molecule has 1 atom stereocenters. The lowest BCUT2D eigenvalue weighted by molar-refractivity contribution is 0.0717. The Morgan fingerprint density at radius 2 is 1.91 bits per heavy atom. The van der Waals surface area contributed by atoms with Crippen LogP contribution in [-0.4, -0.2) is 28.9 Å². The first-order valence-electron chi connectivity index (χ1n) is 12.1. The lowest BCUT2D eigenvalue weighted by atomic mass is 10.0. The lowest BCUT2D eigenvalue weighted by Crippen LogP contribution is -2.30. The number of aromatic nitrogens is 1. The highest BCUT2D eigenvalue weighted by Crippen LogP contribution is 2.35. The van der Waals surface area contributed by atoms with Crippen LogP contribution in [0.1, 0.15) is 60.5 Å². The number of aryl methyl sites for hydroxylation is 1. The standard InChI is InChI=1S/C29H30N2O3/c1-3-4-17-33-24-13-10-21(11-14-24)29(32)31-16-6-9-26(31)28-30-25-19-23(12-15-27(25)34-28)22-8-5-7-20(2)18-22/h5,7-8,10-15,18-19,26H,3-4,6,9,16-17H2,1-2H3. The van der Waals surface area contributed by atoms with Crippen LogP contribution in [0.4, 0.5) is 0 Å². The molecule has 0 N–H and O–H groups in total. The van der Waals surface area contributed by atoms with Gasteiger partial charge in [-0.3, -0.25) is 4.79 Å². The normalized spacial score (nSPS) is 15.7. The summed E-state index contributed by atoms with van der Waals surface area (Å²) in [7, 11) is 0. The van der Waals surface area contributed by atoms with Crippen LogP contribution in [0.5, 0.6) is 5.75 Å². The zero-order chi connectivity index (χ0) is 23.5. The van der Waals surface area contributed by atoms with E-state index in [9.17, 15) is 4.79 Å². The number of amides is 1. The molecule has 174 valence electrons. The van der Waals surface area contributed by atoms with Crippen molar-refractivity contribution in [3.05, 3.63) is 83.7 Å². The van der Waals surface area contributed by atoms with Crippen LogP contribution in [0.15, 0.2) is 71.1 Å². The number of ether oxygens (including phenoxy) is 1. The molecule has 1 aromatic heterocycles. The number of rotatable bonds is 7. The fourth-order valence-corrected chi connectivity index (χ4v) is 4.55. The van der Waals surface area contributed by atoms with E-state index in [-0.39, 0.29) is 11.9 Å². The molecule has 0 saturated carbocycles. The van der Waals surface area contributed by atoms with E-state index in [0.29, 0.717) is 24.6 Å². The van der Waals surface area contributed by atoms with E-state index in [1.54, 1.807) is 0 Å². The van der Waals surface area contributed by atoms with Gasteiger partial charge in [0.1, 0.15) is 17.3 Å². The van der Waals surface area contributed by atoms with Gasteiger partial charge in [-0.2, -0.15) is 0 Å². The average Bonchev–Trinajstić information content (AvgIpc) is 3.51. The number of carbonyl (C=O) groups is 1. The van der Waals surface area contributed by atoms with Crippen molar-refractivity contribution in [3.63, 3.8) is 0 Å². The van der Waals surface area contributed by atoms with Gasteiger partial charge in [0.05, 0.1) is 6.61 Å². The molecule has 0 bridgehead atoms. The Hall–Kier alpha value is -3.60. The van der Waals surface area contributed by atoms with Crippen LogP contribution in [0.25, 0.3) is 22.2 Å². The highest BCUT2D eigenvalue weighted by Gasteiger charge is 2.34. The van der Waals surface area contributed by atoms with Gasteiger partial charge in [-0.05, 0) is 73.7 Å². The topological polar surface area (TPSA) is 55.6 Å². The van der Waals surface area contributed by atoms with Crippen LogP contribution in [0.3, 0.4) is 0 Å². The summed E-state index contributed by atoms with van der Waals surface area (Å²) in [6.45, 7) is 5.62. The molecule has 3 aromatic carbocycles. The maximum Gasteiger partial charge on any atom is 0.254 e. The van der Waals surface area contributed by atoms with E-state index in [4.69, 9.17) is 14.1 Å². The second-order valence-electron chi connectivity index (χ2n) is 8.99. The molecule has 0 aliphatic carbocycles. The quantitative estimate of drug-likeness (QED) is 0.283. The van der Waals surface area contributed by atoms with E-state index >= 15 is 0 Å². The summed E-state index contributed by atoms with van der Waals surface area (Å²) in [5.74, 6) is 1.42. The number of oxazole rings is 1. The fourth-order valence-electron chi connectivity index (χ4n) is 4.55. The van der Waals surface area contributed by atoms with Crippen molar-refractivity contribution >= 4 is 17.0 Å². The predicted molar refractivity (Wildman–Crippen MR) is 134 cm³/mol. The van der Waals surface area contributed by atoms with E-state index in [1.807, 2.05) is 35.2 Å². The van der Waals surface area contributed by atoms with E-state index in [0.717, 1.165) is 53.7 Å². The Bertz CT molecular complexity index is 1290. The highest BCUT2D eigenvalue weighted by molar-refractivity contribution is 5.94. The number of carbonyl (C=O) groups excluding carboxylic acids is 1. The second-order valence-corrected chi connectivity index (χ2v) is 8.99. The van der Waals surface area contributed by atoms with Crippen LogP contribution < -0.4 is 4.74 Å². The Balaban J connectivity index is 1.35. The third kappa shape index (κ3) is 4.56. The Morgan fingerprint density at radius 1 is 1.09 bits per heavy atom. The molecular formula is C29H30N2O3. The highest BCUT2D eigenvalue weighted by atomic mass is 16.5. The summed E-state index contributed by atoms with van der Waals surface area (Å²) in [5.41, 5.74) is 5.72. The maximum atomic E-state index is 13.3. The summed E-state index contributed by atoms with van der Waals surface area (Å²) in [6, 6.07) is 21.8. The van der Waals surface area contributed by atoms with Crippen molar-refractivity contribution in [2.75, 3.05) is 13.2 Å². The van der Waals surface area contributed by atoms with Gasteiger partial charge in [0.25, 0.3) is 5.91 Å². The molecule has 34 heavy (non-hydrogen) atoms. The number of fused-ring (bicyclic) bond motifs is 1. The first-order valence-corrected chi connectivity index (χ1v) is 12.1. The number of likely N-dealkylation sites (tertiary alicyclic amines) is 1. The molecule has 5 heteroatoms. The number of hydrogen-bond acceptors (Lipinski definition) is 4. The molecule has 1 unspecified atom stereocenters. The molecule has 1 saturated heterocycles. The summed E-state index contributed by atoms with van der Waals surface area (Å²) >= 11 is 0. The largest absolute Gasteiger partial charge is 0.494 e. The van der Waals surface area contributed by atoms with Crippen molar-refractivity contribution < 1.29 is 13.9 Å². The van der Waals surface area contributed by atoms with Gasteiger partial charge < -0.3 is 14.1 Å². The van der Waals surface area contributed by atoms with Gasteiger partial charge in [0.2, 0.25) is 5.89 Å². The van der Waals surface area contributed by atoms with Crippen LogP contribution in [0.2, 0.25) is 0 Å². The third-order valence-electron chi connectivity index (χ3n) is 6.42. The van der Waals surface area contributed by atoms with Gasteiger partial charge in [0, 0.05) is 12.1 Å². The molecule has 1 aliphatic rings. The first kappa shape index (κ1) is 22.2. The number of nitrogens with zero attached hydrogens (tertiary/aromatic N) is 2. The predicted octanol–water partition coefficient (Wildman–Crippen LogP) is 6.96. The van der Waals surface area contributed by atoms with E-state index in [2.05, 4.69) is 50.2 Å². The third-order valence-corrected chi connectivity index (χ3v) is 6.42. The number of hydrogen-bond donors (Lipinski definition) is 0. The van der Waals surface area contributed by atoms with Gasteiger partial charge in [-0.25, -0.2) is 4.98 Å². The molecular weight excluding hydrogens is 424 g/mol. The maximum absolute atomic E-state index is 13.3. The summed E-state index contributed by atoms with van der Waals surface area (Å²) in [4.78, 5) is 20.0. The number of unbranched alkanes of at least 4 members (excludes halogenated alkanes) is 1. The van der Waals surface area contributed by atoms with Crippen molar-refractivity contribution in [1.82, 2.24) is 9.88 Å². The smallest absolute Gasteiger partial charge is 0.254 e. The zero-order valence-corrected chi connectivity index (χ0v) is 19.8. The van der Waals surface area contributed by atoms with Crippen molar-refractivity contribution in [2.24, 2.45) is 0 Å². The van der Waals surface area contributed by atoms with Gasteiger partial charge in [-0.1, -0.05) is 49.2 Å². The number of benzene rings is 3. The molecule has 5 nitrogen and oxygen atoms in total. The van der Waals surface area contributed by atoms with Crippen LogP contribution in [0, 0.1) is 6.92 Å². The molecule has 4 aromatic rings. The minimum absolute atomic E-state index is 0.00492. The zero-order valence-electron chi connectivity index (χ0n) is 19.8. The monoisotopic (exact) mass is 454 g/mol. The van der Waals surface area contributed by atoms with Crippen LogP contribution in [-0.2, 0) is 0 Å². The minimum atomic E-state index is -0.150. The van der Waals surface area contributed by atoms with Gasteiger partial charge >= 0.3 is 0 Å².